The van der Waals surface area contributed by atoms with E-state index >= 15 is 0 Å². The molecule has 2 aromatic rings. The van der Waals surface area contributed by atoms with Crippen molar-refractivity contribution in [1.82, 2.24) is 0 Å². The Hall–Kier alpha value is -2.96. The SMILES string of the molecule is CC1=C(O)C(Nc2ccc(O)cc2Cl)=C(C)C(=Nc2ccc(O)cc2Cl)C1=O. The van der Waals surface area contributed by atoms with Crippen molar-refractivity contribution in [2.75, 3.05) is 5.32 Å². The number of benzene rings is 2. The molecule has 0 bridgehead atoms. The van der Waals surface area contributed by atoms with Crippen LogP contribution >= 0.6 is 23.2 Å². The minimum absolute atomic E-state index is 0.000224. The number of Topliss-reactive ketones (excluding diaryl/α,β-unsaturated/α-hetero) is 1. The molecule has 3 rings (SSSR count). The summed E-state index contributed by atoms with van der Waals surface area (Å²) in [6.45, 7) is 3.11. The number of rotatable bonds is 3. The molecular formula is C20H16Cl2N2O4. The number of nitrogens with one attached hydrogen (secondary N) is 1. The zero-order valence-electron chi connectivity index (χ0n) is 14.9. The summed E-state index contributed by atoms with van der Waals surface area (Å²) in [7, 11) is 0. The smallest absolute Gasteiger partial charge is 0.211 e. The number of ketones is 1. The Balaban J connectivity index is 2.11. The van der Waals surface area contributed by atoms with Gasteiger partial charge >= 0.3 is 0 Å². The van der Waals surface area contributed by atoms with Crippen molar-refractivity contribution in [3.8, 4) is 11.5 Å². The standard InChI is InChI=1S/C20H16Cl2N2O4/c1-9-17(23-15-5-3-11(25)7-13(15)21)19(27)10(2)20(28)18(9)24-16-6-4-12(26)8-14(16)22/h3-8,23,25-27H,1-2H3. The second-order valence-electron chi connectivity index (χ2n) is 6.19. The van der Waals surface area contributed by atoms with Crippen LogP contribution in [0.5, 0.6) is 11.5 Å². The van der Waals surface area contributed by atoms with Crippen LogP contribution in [0.2, 0.25) is 10.0 Å². The molecule has 0 atom stereocenters. The second kappa shape index (κ2) is 7.58. The van der Waals surface area contributed by atoms with Crippen LogP contribution in [-0.4, -0.2) is 26.8 Å². The molecule has 0 unspecified atom stereocenters. The number of carbonyl (C=O) groups excluding carboxylic acids is 1. The maximum Gasteiger partial charge on any atom is 0.211 e. The number of phenolic OH excluding ortho intramolecular Hbond substituents is 2. The maximum absolute atomic E-state index is 12.7. The van der Waals surface area contributed by atoms with Gasteiger partial charge in [0.15, 0.2) is 0 Å². The van der Waals surface area contributed by atoms with Gasteiger partial charge in [0, 0.05) is 23.3 Å². The fraction of sp³-hybridized carbons (Fsp3) is 0.100. The third-order valence-electron chi connectivity index (χ3n) is 4.25. The summed E-state index contributed by atoms with van der Waals surface area (Å²) in [6, 6.07) is 8.56. The van der Waals surface area contributed by atoms with E-state index in [9.17, 15) is 20.1 Å². The van der Waals surface area contributed by atoms with E-state index < -0.39 is 5.78 Å². The first-order valence-corrected chi connectivity index (χ1v) is 8.93. The molecule has 0 aliphatic heterocycles. The fourth-order valence-corrected chi connectivity index (χ4v) is 3.11. The van der Waals surface area contributed by atoms with Gasteiger partial charge in [-0.15, -0.1) is 0 Å². The van der Waals surface area contributed by atoms with Crippen molar-refractivity contribution >= 4 is 46.1 Å². The van der Waals surface area contributed by atoms with E-state index in [1.807, 2.05) is 0 Å². The molecule has 0 spiro atoms. The minimum Gasteiger partial charge on any atom is -0.508 e. The Morgan fingerprint density at radius 1 is 0.893 bits per heavy atom. The lowest BCUT2D eigenvalue weighted by Crippen LogP contribution is -2.26. The summed E-state index contributed by atoms with van der Waals surface area (Å²) >= 11 is 12.2. The van der Waals surface area contributed by atoms with Gasteiger partial charge in [0.2, 0.25) is 5.78 Å². The van der Waals surface area contributed by atoms with Crippen LogP contribution in [0.25, 0.3) is 0 Å². The first-order valence-electron chi connectivity index (χ1n) is 8.18. The predicted molar refractivity (Wildman–Crippen MR) is 110 cm³/mol. The molecule has 0 saturated carbocycles. The molecule has 0 amide bonds. The number of aliphatic imine (C=N–C) groups is 1. The van der Waals surface area contributed by atoms with Crippen molar-refractivity contribution in [2.45, 2.75) is 13.8 Å². The monoisotopic (exact) mass is 418 g/mol. The van der Waals surface area contributed by atoms with E-state index in [0.29, 0.717) is 16.9 Å². The van der Waals surface area contributed by atoms with Crippen LogP contribution in [-0.2, 0) is 4.79 Å². The molecule has 144 valence electrons. The first kappa shape index (κ1) is 19.8. The molecule has 0 aromatic heterocycles. The lowest BCUT2D eigenvalue weighted by Gasteiger charge is -2.22. The Kier molecular flexibility index (Phi) is 5.36. The van der Waals surface area contributed by atoms with Crippen LogP contribution in [0.3, 0.4) is 0 Å². The van der Waals surface area contributed by atoms with Gasteiger partial charge in [-0.25, -0.2) is 4.99 Å². The lowest BCUT2D eigenvalue weighted by molar-refractivity contribution is -0.109. The third-order valence-corrected chi connectivity index (χ3v) is 4.87. The number of hydrogen-bond donors (Lipinski definition) is 4. The Morgan fingerprint density at radius 3 is 2.11 bits per heavy atom. The van der Waals surface area contributed by atoms with Crippen LogP contribution in [0.15, 0.2) is 64.0 Å². The zero-order chi connectivity index (χ0) is 20.6. The topological polar surface area (TPSA) is 102 Å². The van der Waals surface area contributed by atoms with Crippen molar-refractivity contribution in [3.63, 3.8) is 0 Å². The first-order chi connectivity index (χ1) is 13.2. The van der Waals surface area contributed by atoms with E-state index in [1.54, 1.807) is 13.0 Å². The lowest BCUT2D eigenvalue weighted by atomic mass is 9.92. The highest BCUT2D eigenvalue weighted by molar-refractivity contribution is 6.53. The van der Waals surface area contributed by atoms with Gasteiger partial charge < -0.3 is 20.6 Å². The summed E-state index contributed by atoms with van der Waals surface area (Å²) in [6.07, 6.45) is 0. The van der Waals surface area contributed by atoms with E-state index in [4.69, 9.17) is 23.2 Å². The van der Waals surface area contributed by atoms with Gasteiger partial charge in [0.1, 0.15) is 23.0 Å². The average Bonchev–Trinajstić information content (AvgIpc) is 2.64. The van der Waals surface area contributed by atoms with Crippen molar-refractivity contribution < 1.29 is 20.1 Å². The number of phenols is 2. The molecule has 8 heteroatoms. The third kappa shape index (κ3) is 3.69. The molecule has 2 aromatic carbocycles. The molecule has 0 heterocycles. The maximum atomic E-state index is 12.7. The highest BCUT2D eigenvalue weighted by Gasteiger charge is 2.29. The number of allylic oxidation sites excluding steroid dienone is 2. The van der Waals surface area contributed by atoms with E-state index in [0.717, 1.165) is 0 Å². The van der Waals surface area contributed by atoms with Gasteiger partial charge in [-0.3, -0.25) is 4.79 Å². The summed E-state index contributed by atoms with van der Waals surface area (Å²) in [5.74, 6) is -0.682. The van der Waals surface area contributed by atoms with Crippen LogP contribution in [0, 0.1) is 0 Å². The molecular weight excluding hydrogens is 403 g/mol. The van der Waals surface area contributed by atoms with Crippen molar-refractivity contribution in [3.05, 3.63) is 69.0 Å². The van der Waals surface area contributed by atoms with E-state index in [-0.39, 0.29) is 44.3 Å². The number of halogens is 2. The van der Waals surface area contributed by atoms with Crippen molar-refractivity contribution in [1.29, 1.82) is 0 Å². The number of aliphatic hydroxyl groups is 1. The number of aliphatic hydroxyl groups excluding tert-OH is 1. The van der Waals surface area contributed by atoms with Crippen LogP contribution < -0.4 is 5.32 Å². The largest absolute Gasteiger partial charge is 0.508 e. The fourth-order valence-electron chi connectivity index (χ4n) is 2.67. The van der Waals surface area contributed by atoms with Gasteiger partial charge in [0.25, 0.3) is 0 Å². The average molecular weight is 419 g/mol. The summed E-state index contributed by atoms with van der Waals surface area (Å²) in [4.78, 5) is 17.0. The molecule has 0 radical (unpaired) electrons. The highest BCUT2D eigenvalue weighted by atomic mass is 35.5. The van der Waals surface area contributed by atoms with Gasteiger partial charge in [0.05, 0.1) is 27.1 Å². The van der Waals surface area contributed by atoms with Crippen molar-refractivity contribution in [2.24, 2.45) is 4.99 Å². The summed E-state index contributed by atoms with van der Waals surface area (Å²) < 4.78 is 0. The molecule has 1 aliphatic rings. The number of anilines is 1. The predicted octanol–water partition coefficient (Wildman–Crippen LogP) is 5.28. The molecule has 0 saturated heterocycles. The van der Waals surface area contributed by atoms with Gasteiger partial charge in [-0.1, -0.05) is 23.2 Å². The Morgan fingerprint density at radius 2 is 1.50 bits per heavy atom. The molecule has 4 N–H and O–H groups in total. The summed E-state index contributed by atoms with van der Waals surface area (Å²) in [5.41, 5.74) is 1.60. The molecule has 28 heavy (non-hydrogen) atoms. The Bertz CT molecular complexity index is 1090. The number of carbonyl (C=O) groups is 1. The van der Waals surface area contributed by atoms with Crippen LogP contribution in [0.4, 0.5) is 11.4 Å². The van der Waals surface area contributed by atoms with Crippen LogP contribution in [0.1, 0.15) is 13.8 Å². The Labute approximate surface area is 171 Å². The number of hydrogen-bond acceptors (Lipinski definition) is 6. The molecule has 1 aliphatic carbocycles. The highest BCUT2D eigenvalue weighted by Crippen LogP contribution is 2.34. The van der Waals surface area contributed by atoms with Gasteiger partial charge in [-0.05, 0) is 38.1 Å². The molecule has 0 fully saturated rings. The second-order valence-corrected chi connectivity index (χ2v) is 7.00. The summed E-state index contributed by atoms with van der Waals surface area (Å²) in [5, 5.41) is 32.9. The van der Waals surface area contributed by atoms with E-state index in [2.05, 4.69) is 10.3 Å². The molecule has 6 nitrogen and oxygen atoms in total. The quantitative estimate of drug-likeness (QED) is 0.401. The number of nitrogens with zero attached hydrogens (tertiary/aromatic N) is 1. The van der Waals surface area contributed by atoms with E-state index in [1.165, 1.54) is 37.3 Å². The minimum atomic E-state index is -0.443. The normalized spacial score (nSPS) is 16.1. The zero-order valence-corrected chi connectivity index (χ0v) is 16.4. The van der Waals surface area contributed by atoms with Gasteiger partial charge in [-0.2, -0.15) is 0 Å². The number of aromatic hydroxyl groups is 2.